The van der Waals surface area contributed by atoms with Crippen molar-refractivity contribution in [2.75, 3.05) is 13.7 Å². The van der Waals surface area contributed by atoms with E-state index in [4.69, 9.17) is 9.47 Å². The molecule has 0 aliphatic rings. The number of imidazole rings is 1. The molecule has 5 nitrogen and oxygen atoms in total. The van der Waals surface area contributed by atoms with Gasteiger partial charge in [-0.2, -0.15) is 13.2 Å². The molecular weight excluding hydrogens is 447 g/mol. The second-order valence-electron chi connectivity index (χ2n) is 9.07. The molecule has 0 bridgehead atoms. The van der Waals surface area contributed by atoms with Gasteiger partial charge in [-0.1, -0.05) is 26.6 Å². The van der Waals surface area contributed by atoms with E-state index < -0.39 is 19.9 Å². The zero-order valence-electron chi connectivity index (χ0n) is 19.7. The number of methoxy groups -OCH3 is 1. The maximum atomic E-state index is 13.3. The van der Waals surface area contributed by atoms with Crippen LogP contribution in [0.15, 0.2) is 42.7 Å². The van der Waals surface area contributed by atoms with Crippen LogP contribution in [-0.4, -0.2) is 36.3 Å². The first kappa shape index (κ1) is 25.0. The molecule has 0 radical (unpaired) electrons. The molecule has 2 heterocycles. The SMILES string of the molecule is CCc1cc(OC)ccc1-c1ccc(-c2nc(C(F)(F)F)cn2COCC[Si](C)(C)C)cn1. The number of halogens is 3. The Bertz CT molecular complexity index is 1070. The fourth-order valence-electron chi connectivity index (χ4n) is 3.35. The minimum atomic E-state index is -4.54. The van der Waals surface area contributed by atoms with Crippen LogP contribution in [0.1, 0.15) is 18.2 Å². The molecule has 2 aromatic heterocycles. The van der Waals surface area contributed by atoms with E-state index in [0.29, 0.717) is 12.2 Å². The first-order valence-corrected chi connectivity index (χ1v) is 14.6. The molecule has 0 amide bonds. The predicted octanol–water partition coefficient (Wildman–Crippen LogP) is 6.51. The largest absolute Gasteiger partial charge is 0.497 e. The highest BCUT2D eigenvalue weighted by molar-refractivity contribution is 6.76. The third kappa shape index (κ3) is 6.45. The average Bonchev–Trinajstić information content (AvgIpc) is 3.20. The number of rotatable bonds is 9. The van der Waals surface area contributed by atoms with Crippen molar-refractivity contribution in [2.24, 2.45) is 0 Å². The van der Waals surface area contributed by atoms with Crippen LogP contribution >= 0.6 is 0 Å². The lowest BCUT2D eigenvalue weighted by Crippen LogP contribution is -2.22. The number of aromatic nitrogens is 3. The molecular formula is C24H30F3N3O2Si. The lowest BCUT2D eigenvalue weighted by Gasteiger charge is -2.16. The van der Waals surface area contributed by atoms with Gasteiger partial charge in [-0.25, -0.2) is 4.98 Å². The number of hydrogen-bond acceptors (Lipinski definition) is 4. The lowest BCUT2D eigenvalue weighted by molar-refractivity contribution is -0.141. The summed E-state index contributed by atoms with van der Waals surface area (Å²) in [6.45, 7) is 9.22. The van der Waals surface area contributed by atoms with Crippen LogP contribution in [-0.2, 0) is 24.1 Å². The van der Waals surface area contributed by atoms with Crippen molar-refractivity contribution in [2.45, 2.75) is 51.9 Å². The highest BCUT2D eigenvalue weighted by atomic mass is 28.3. The van der Waals surface area contributed by atoms with E-state index in [-0.39, 0.29) is 12.6 Å². The van der Waals surface area contributed by atoms with Crippen LogP contribution in [0.4, 0.5) is 13.2 Å². The molecule has 0 spiro atoms. The summed E-state index contributed by atoms with van der Waals surface area (Å²) in [5, 5.41) is 0. The summed E-state index contributed by atoms with van der Waals surface area (Å²) in [6.07, 6.45) is -1.19. The Morgan fingerprint density at radius 3 is 2.42 bits per heavy atom. The third-order valence-electron chi connectivity index (χ3n) is 5.28. The predicted molar refractivity (Wildman–Crippen MR) is 126 cm³/mol. The molecule has 0 aliphatic carbocycles. The standard InChI is InChI=1S/C24H30F3N3O2Si/c1-6-17-13-19(31-2)8-9-20(17)21-10-7-18(14-28-21)23-29-22(24(25,26)27)15-30(23)16-32-11-12-33(3,4)5/h7-10,13-15H,6,11-12,16H2,1-5H3. The quantitative estimate of drug-likeness (QED) is 0.260. The number of aryl methyl sites for hydroxylation is 1. The van der Waals surface area contributed by atoms with Gasteiger partial charge >= 0.3 is 6.18 Å². The topological polar surface area (TPSA) is 49.2 Å². The van der Waals surface area contributed by atoms with Crippen molar-refractivity contribution >= 4 is 8.07 Å². The molecule has 0 aliphatic heterocycles. The Hall–Kier alpha value is -2.65. The summed E-state index contributed by atoms with van der Waals surface area (Å²) in [4.78, 5) is 8.37. The normalized spacial score (nSPS) is 12.2. The van der Waals surface area contributed by atoms with Gasteiger partial charge in [0, 0.05) is 38.2 Å². The van der Waals surface area contributed by atoms with Gasteiger partial charge in [-0.3, -0.25) is 4.98 Å². The Morgan fingerprint density at radius 2 is 1.85 bits per heavy atom. The van der Waals surface area contributed by atoms with Crippen molar-refractivity contribution in [3.63, 3.8) is 0 Å². The number of alkyl halides is 3. The monoisotopic (exact) mass is 477 g/mol. The fourth-order valence-corrected chi connectivity index (χ4v) is 4.10. The Morgan fingerprint density at radius 1 is 1.09 bits per heavy atom. The van der Waals surface area contributed by atoms with E-state index in [1.54, 1.807) is 25.4 Å². The minimum absolute atomic E-state index is 0.00308. The third-order valence-corrected chi connectivity index (χ3v) is 6.99. The fraction of sp³-hybridized carbons (Fsp3) is 0.417. The molecule has 33 heavy (non-hydrogen) atoms. The van der Waals surface area contributed by atoms with Gasteiger partial charge in [0.25, 0.3) is 0 Å². The molecule has 0 atom stereocenters. The molecule has 0 saturated heterocycles. The Labute approximate surface area is 193 Å². The molecule has 0 saturated carbocycles. The average molecular weight is 478 g/mol. The van der Waals surface area contributed by atoms with Gasteiger partial charge in [0.2, 0.25) is 0 Å². The van der Waals surface area contributed by atoms with Crippen LogP contribution in [0.25, 0.3) is 22.6 Å². The Kier molecular flexibility index (Phi) is 7.64. The molecule has 0 unspecified atom stereocenters. The van der Waals surface area contributed by atoms with E-state index in [2.05, 4.69) is 29.6 Å². The van der Waals surface area contributed by atoms with Gasteiger partial charge in [0.05, 0.1) is 12.8 Å². The van der Waals surface area contributed by atoms with Gasteiger partial charge in [-0.05, 0) is 48.4 Å². The van der Waals surface area contributed by atoms with Crippen molar-refractivity contribution in [3.05, 3.63) is 54.0 Å². The zero-order valence-corrected chi connectivity index (χ0v) is 20.7. The highest BCUT2D eigenvalue weighted by Gasteiger charge is 2.35. The number of pyridine rings is 1. The first-order chi connectivity index (χ1) is 15.5. The van der Waals surface area contributed by atoms with Gasteiger partial charge in [-0.15, -0.1) is 0 Å². The van der Waals surface area contributed by atoms with Crippen molar-refractivity contribution < 1.29 is 22.6 Å². The second kappa shape index (κ2) is 10.1. The van der Waals surface area contributed by atoms with Crippen LogP contribution < -0.4 is 4.74 Å². The van der Waals surface area contributed by atoms with E-state index in [1.165, 1.54) is 4.57 Å². The number of ether oxygens (including phenoxy) is 2. The molecule has 0 N–H and O–H groups in total. The molecule has 178 valence electrons. The smallest absolute Gasteiger partial charge is 0.434 e. The molecule has 3 aromatic rings. The Balaban J connectivity index is 1.88. The summed E-state index contributed by atoms with van der Waals surface area (Å²) in [5.74, 6) is 0.947. The number of benzene rings is 1. The summed E-state index contributed by atoms with van der Waals surface area (Å²) < 4.78 is 52.4. The number of nitrogens with zero attached hydrogens (tertiary/aromatic N) is 3. The van der Waals surface area contributed by atoms with Gasteiger partial charge in [0.1, 0.15) is 18.3 Å². The molecule has 1 aromatic carbocycles. The summed E-state index contributed by atoms with van der Waals surface area (Å²) >= 11 is 0. The second-order valence-corrected chi connectivity index (χ2v) is 14.7. The summed E-state index contributed by atoms with van der Waals surface area (Å²) in [5.41, 5.74) is 2.32. The minimum Gasteiger partial charge on any atom is -0.497 e. The van der Waals surface area contributed by atoms with Crippen LogP contribution in [0, 0.1) is 0 Å². The van der Waals surface area contributed by atoms with Crippen LogP contribution in [0.5, 0.6) is 5.75 Å². The molecule has 3 rings (SSSR count). The first-order valence-electron chi connectivity index (χ1n) is 10.9. The van der Waals surface area contributed by atoms with Crippen molar-refractivity contribution in [1.82, 2.24) is 14.5 Å². The molecule has 9 heteroatoms. The highest BCUT2D eigenvalue weighted by Crippen LogP contribution is 2.32. The van der Waals surface area contributed by atoms with Crippen LogP contribution in [0.2, 0.25) is 25.7 Å². The van der Waals surface area contributed by atoms with E-state index >= 15 is 0 Å². The number of hydrogen-bond donors (Lipinski definition) is 0. The molecule has 0 fully saturated rings. The van der Waals surface area contributed by atoms with E-state index in [0.717, 1.165) is 41.2 Å². The van der Waals surface area contributed by atoms with Gasteiger partial charge < -0.3 is 14.0 Å². The van der Waals surface area contributed by atoms with Crippen molar-refractivity contribution in [1.29, 1.82) is 0 Å². The maximum absolute atomic E-state index is 13.3. The van der Waals surface area contributed by atoms with Crippen molar-refractivity contribution in [3.8, 4) is 28.4 Å². The van der Waals surface area contributed by atoms with E-state index in [9.17, 15) is 13.2 Å². The summed E-state index contributed by atoms with van der Waals surface area (Å²) in [7, 11) is 0.321. The summed E-state index contributed by atoms with van der Waals surface area (Å²) in [6, 6.07) is 10.2. The van der Waals surface area contributed by atoms with E-state index in [1.807, 2.05) is 25.1 Å². The zero-order chi connectivity index (χ0) is 24.2. The van der Waals surface area contributed by atoms with Crippen LogP contribution in [0.3, 0.4) is 0 Å². The van der Waals surface area contributed by atoms with Gasteiger partial charge in [0.15, 0.2) is 5.69 Å². The lowest BCUT2D eigenvalue weighted by atomic mass is 10.0. The maximum Gasteiger partial charge on any atom is 0.434 e.